The minimum Gasteiger partial charge on any atom is -0.462 e. The first-order valence-corrected chi connectivity index (χ1v) is 36.4. The predicted molar refractivity (Wildman–Crippen MR) is 368 cm³/mol. The summed E-state index contributed by atoms with van der Waals surface area (Å²) < 4.78 is 29.9. The van der Waals surface area contributed by atoms with Gasteiger partial charge in [0.15, 0.2) is 11.8 Å². The largest absolute Gasteiger partial charge is 0.462 e. The van der Waals surface area contributed by atoms with Crippen molar-refractivity contribution in [1.82, 2.24) is 19.4 Å². The normalized spacial score (nSPS) is 14.4. The zero-order chi connectivity index (χ0) is 66.6. The molecular weight excluding hydrogens is 1180 g/mol. The Morgan fingerprint density at radius 2 is 1.22 bits per heavy atom. The van der Waals surface area contributed by atoms with Crippen LogP contribution in [0, 0.1) is 37.0 Å². The molecule has 1 fully saturated rings. The number of ether oxygens (including phenoxy) is 5. The maximum absolute atomic E-state index is 13.5. The quantitative estimate of drug-likeness (QED) is 0.0169. The van der Waals surface area contributed by atoms with Gasteiger partial charge in [0, 0.05) is 52.0 Å². The summed E-state index contributed by atoms with van der Waals surface area (Å²) in [6.07, 6.45) is 43.1. The van der Waals surface area contributed by atoms with Crippen molar-refractivity contribution in [3.05, 3.63) is 71.7 Å². The Morgan fingerprint density at radius 1 is 0.696 bits per heavy atom. The molecular formula is C74H114N6O11S. The average Bonchev–Trinajstić information content (AvgIpc) is 1.58. The number of nitrogens with zero attached hydrogens (tertiary/aromatic N) is 6. The number of piperidine rings is 1. The highest BCUT2D eigenvalue weighted by molar-refractivity contribution is 7.99. The van der Waals surface area contributed by atoms with Gasteiger partial charge in [-0.2, -0.15) is 17.0 Å². The fraction of sp³-hybridized carbons (Fsp3) is 0.689. The van der Waals surface area contributed by atoms with Crippen molar-refractivity contribution < 1.29 is 52.5 Å². The molecule has 3 atom stereocenters. The minimum absolute atomic E-state index is 0.0337. The molecule has 0 saturated carbocycles. The molecule has 2 aromatic heterocycles. The van der Waals surface area contributed by atoms with Crippen molar-refractivity contribution in [2.24, 2.45) is 11.8 Å². The molecule has 0 bridgehead atoms. The molecule has 1 saturated heterocycles. The predicted octanol–water partition coefficient (Wildman–Crippen LogP) is 17.3. The van der Waals surface area contributed by atoms with Crippen LogP contribution < -0.4 is 9.64 Å². The first-order valence-electron chi connectivity index (χ1n) is 35.2. The van der Waals surface area contributed by atoms with Gasteiger partial charge in [0.05, 0.1) is 17.5 Å². The number of likely N-dealkylation sites (tertiary alicyclic amines) is 1. The van der Waals surface area contributed by atoms with Crippen molar-refractivity contribution in [3.63, 3.8) is 0 Å². The molecule has 0 spiro atoms. The average molecular weight is 1300 g/mol. The van der Waals surface area contributed by atoms with Crippen molar-refractivity contribution >= 4 is 64.5 Å². The van der Waals surface area contributed by atoms with Crippen LogP contribution in [0.25, 0.3) is 11.0 Å². The summed E-state index contributed by atoms with van der Waals surface area (Å²) >= 11 is 1.63. The number of allylic oxidation sites excluding steroid dienone is 4. The number of unbranched alkanes of at least 4 members (excludes halogenated alkanes) is 22. The number of hydrogen-bond acceptors (Lipinski definition) is 16. The van der Waals surface area contributed by atoms with Gasteiger partial charge in [-0.05, 0) is 149 Å². The van der Waals surface area contributed by atoms with E-state index >= 15 is 0 Å². The molecule has 1 aliphatic heterocycles. The van der Waals surface area contributed by atoms with Crippen molar-refractivity contribution in [3.8, 4) is 11.8 Å². The zero-order valence-corrected chi connectivity index (χ0v) is 58.2. The molecule has 18 heteroatoms. The lowest BCUT2D eigenvalue weighted by molar-refractivity contribution is -0.167. The Morgan fingerprint density at radius 3 is 1.76 bits per heavy atom. The second kappa shape index (κ2) is 47.6. The molecule has 4 rings (SSSR count). The van der Waals surface area contributed by atoms with Crippen LogP contribution in [-0.2, 0) is 49.5 Å². The summed E-state index contributed by atoms with van der Waals surface area (Å²) in [4.78, 5) is 90.8. The summed E-state index contributed by atoms with van der Waals surface area (Å²) in [5, 5.41) is 9.74. The number of rotatable bonds is 49. The molecule has 1 unspecified atom stereocenters. The Bertz CT molecular complexity index is 2660. The first-order chi connectivity index (χ1) is 44.6. The molecule has 1 aromatic carbocycles. The third-order valence-corrected chi connectivity index (χ3v) is 18.5. The van der Waals surface area contributed by atoms with Crippen LogP contribution in [0.15, 0.2) is 55.0 Å². The minimum atomic E-state index is -0.913. The van der Waals surface area contributed by atoms with E-state index in [0.717, 1.165) is 100 Å². The highest BCUT2D eigenvalue weighted by Gasteiger charge is 2.33. The van der Waals surface area contributed by atoms with Gasteiger partial charge in [-0.25, -0.2) is 19.3 Å². The lowest BCUT2D eigenvalue weighted by Gasteiger charge is -2.42. The van der Waals surface area contributed by atoms with Gasteiger partial charge in [-0.1, -0.05) is 155 Å². The number of carbonyl (C=O) groups is 6. The van der Waals surface area contributed by atoms with E-state index in [9.17, 15) is 28.8 Å². The van der Waals surface area contributed by atoms with Crippen molar-refractivity contribution in [2.75, 3.05) is 49.8 Å². The van der Waals surface area contributed by atoms with E-state index in [0.29, 0.717) is 53.6 Å². The smallest absolute Gasteiger partial charge is 0.420 e. The van der Waals surface area contributed by atoms with Gasteiger partial charge < -0.3 is 33.5 Å². The Labute approximate surface area is 556 Å². The van der Waals surface area contributed by atoms with E-state index < -0.39 is 18.2 Å². The number of amides is 1. The lowest BCUT2D eigenvalue weighted by Crippen LogP contribution is -2.52. The third-order valence-electron chi connectivity index (χ3n) is 17.1. The molecule has 3 heterocycles. The number of likely N-dealkylation sites (N-methyl/N-ethyl adjacent to an activating group) is 1. The summed E-state index contributed by atoms with van der Waals surface area (Å²) in [6, 6.07) is 7.32. The van der Waals surface area contributed by atoms with Crippen molar-refractivity contribution in [1.29, 1.82) is 5.26 Å². The van der Waals surface area contributed by atoms with E-state index in [1.54, 1.807) is 28.9 Å². The number of nitriles is 1. The highest BCUT2D eigenvalue weighted by Crippen LogP contribution is 2.31. The number of thioether (sulfide) groups is 1. The van der Waals surface area contributed by atoms with E-state index in [1.807, 2.05) is 50.9 Å². The molecule has 0 radical (unpaired) electrons. The number of fused-ring (bicyclic) bond motifs is 1. The maximum atomic E-state index is 13.5. The SMILES string of the molecule is CCCCCCCC/C=C\CCCCCCCC(=O)OCC(COC(=O)CCCCCCC/C=C\CCCCCCCC)OC(=O)CC(C)CSCCCC(=O)Oc1c(C)cc(COC(=O)n2ccc3c(N(C)[C@H]4CN(C(=O)CC#N)CC[C@H]4C)ncnc32)cc1C. The van der Waals surface area contributed by atoms with Gasteiger partial charge >= 0.3 is 30.0 Å². The molecule has 1 amide bonds. The Balaban J connectivity index is 1.16. The maximum Gasteiger partial charge on any atom is 0.420 e. The van der Waals surface area contributed by atoms with Gasteiger partial charge in [-0.3, -0.25) is 24.0 Å². The number of aryl methyl sites for hydroxylation is 2. The third kappa shape index (κ3) is 32.1. The molecule has 92 heavy (non-hydrogen) atoms. The van der Waals surface area contributed by atoms with E-state index in [1.165, 1.54) is 101 Å². The lowest BCUT2D eigenvalue weighted by atomic mass is 9.92. The van der Waals surface area contributed by atoms with Gasteiger partial charge in [0.25, 0.3) is 0 Å². The molecule has 0 N–H and O–H groups in total. The zero-order valence-electron chi connectivity index (χ0n) is 57.4. The van der Waals surface area contributed by atoms with Crippen LogP contribution in [0.2, 0.25) is 0 Å². The second-order valence-corrected chi connectivity index (χ2v) is 26.6. The van der Waals surface area contributed by atoms with Crippen LogP contribution in [0.5, 0.6) is 5.75 Å². The number of anilines is 1. The monoisotopic (exact) mass is 1290 g/mol. The molecule has 1 aliphatic rings. The number of carbonyl (C=O) groups excluding carboxylic acids is 6. The summed E-state index contributed by atoms with van der Waals surface area (Å²) in [5.41, 5.74) is 2.54. The summed E-state index contributed by atoms with van der Waals surface area (Å²) in [5.74, 6) is 0.864. The Kier molecular flexibility index (Phi) is 40.5. The fourth-order valence-corrected chi connectivity index (χ4v) is 12.7. The van der Waals surface area contributed by atoms with Gasteiger partial charge in [-0.15, -0.1) is 0 Å². The number of benzene rings is 1. The van der Waals surface area contributed by atoms with Crippen LogP contribution in [0.3, 0.4) is 0 Å². The molecule has 17 nitrogen and oxygen atoms in total. The molecule has 512 valence electrons. The first kappa shape index (κ1) is 78.2. The second-order valence-electron chi connectivity index (χ2n) is 25.5. The summed E-state index contributed by atoms with van der Waals surface area (Å²) in [7, 11) is 1.92. The number of esters is 4. The van der Waals surface area contributed by atoms with Gasteiger partial charge in [0.2, 0.25) is 5.91 Å². The number of aromatic nitrogens is 3. The van der Waals surface area contributed by atoms with Crippen LogP contribution in [-0.4, -0.2) is 112 Å². The summed E-state index contributed by atoms with van der Waals surface area (Å²) in [6.45, 7) is 12.9. The van der Waals surface area contributed by atoms with E-state index in [-0.39, 0.29) is 93.6 Å². The van der Waals surface area contributed by atoms with Crippen LogP contribution in [0.1, 0.15) is 256 Å². The highest BCUT2D eigenvalue weighted by atomic mass is 32.2. The standard InChI is InChI=1S/C74H114N6O11S/c1-8-10-12-14-16-18-20-22-24-26-28-30-32-34-36-39-67(82)87-54-63(55-88-68(83)40-37-35-33-31-29-27-25-23-21-19-17-15-13-11-9-2)90-70(85)49-58(3)56-92-48-38-41-69(84)91-71-60(5)50-62(51-61(71)6)53-89-74(86)80-47-44-64-72(76-57-77-73(64)80)78(7)65-52-79(46-43-59(65)4)66(81)42-45-75/h22-25,44,47,50-51,57-59,63,65H,8-21,26-43,46,48-49,52-56H2,1-7H3/b24-22-,25-23-/t58?,59-,65+/m1/s1. The molecule has 3 aromatic rings. The van der Waals surface area contributed by atoms with Gasteiger partial charge in [0.1, 0.15) is 44.1 Å². The van der Waals surface area contributed by atoms with Crippen molar-refractivity contribution in [2.45, 2.75) is 272 Å². The van der Waals surface area contributed by atoms with E-state index in [4.69, 9.17) is 28.9 Å². The topological polar surface area (TPSA) is 210 Å². The van der Waals surface area contributed by atoms with Crippen LogP contribution in [0.4, 0.5) is 10.6 Å². The number of hydrogen-bond donors (Lipinski definition) is 0. The molecule has 0 aliphatic carbocycles. The Hall–Kier alpha value is -6.22. The van der Waals surface area contributed by atoms with E-state index in [2.05, 4.69) is 55.0 Å². The van der Waals surface area contributed by atoms with Crippen LogP contribution >= 0.6 is 11.8 Å². The fourth-order valence-electron chi connectivity index (χ4n) is 11.6.